The molecule has 2 rings (SSSR count). The lowest BCUT2D eigenvalue weighted by atomic mass is 10.1. The number of hydrogen-bond donors (Lipinski definition) is 1. The van der Waals surface area contributed by atoms with E-state index in [-0.39, 0.29) is 11.7 Å². The molecule has 1 unspecified atom stereocenters. The molecule has 1 saturated heterocycles. The van der Waals surface area contributed by atoms with E-state index in [9.17, 15) is 13.2 Å². The fourth-order valence-electron chi connectivity index (χ4n) is 1.90. The SMILES string of the molecule is Fc1cc(F)c(NC2CCCOCC2)cc1F. The molecule has 94 valence electrons. The van der Waals surface area contributed by atoms with Gasteiger partial charge in [0.15, 0.2) is 11.6 Å². The first-order valence-corrected chi connectivity index (χ1v) is 5.65. The molecule has 17 heavy (non-hydrogen) atoms. The van der Waals surface area contributed by atoms with Gasteiger partial charge < -0.3 is 10.1 Å². The fraction of sp³-hybridized carbons (Fsp3) is 0.500. The first-order chi connectivity index (χ1) is 8.16. The predicted octanol–water partition coefficient (Wildman–Crippen LogP) is 3.08. The quantitative estimate of drug-likeness (QED) is 0.808. The van der Waals surface area contributed by atoms with Gasteiger partial charge in [0.2, 0.25) is 0 Å². The van der Waals surface area contributed by atoms with E-state index in [1.807, 2.05) is 0 Å². The largest absolute Gasteiger partial charge is 0.381 e. The Morgan fingerprint density at radius 1 is 1.00 bits per heavy atom. The van der Waals surface area contributed by atoms with Crippen molar-refractivity contribution in [1.29, 1.82) is 0 Å². The van der Waals surface area contributed by atoms with Crippen LogP contribution in [0.1, 0.15) is 19.3 Å². The summed E-state index contributed by atoms with van der Waals surface area (Å²) < 4.78 is 44.4. The molecule has 2 nitrogen and oxygen atoms in total. The van der Waals surface area contributed by atoms with Crippen LogP contribution in [0.15, 0.2) is 12.1 Å². The van der Waals surface area contributed by atoms with Crippen molar-refractivity contribution >= 4 is 5.69 Å². The van der Waals surface area contributed by atoms with E-state index < -0.39 is 17.5 Å². The van der Waals surface area contributed by atoms with E-state index in [0.717, 1.165) is 25.3 Å². The highest BCUT2D eigenvalue weighted by Gasteiger charge is 2.16. The summed E-state index contributed by atoms with van der Waals surface area (Å²) in [7, 11) is 0. The minimum Gasteiger partial charge on any atom is -0.381 e. The van der Waals surface area contributed by atoms with E-state index in [1.54, 1.807) is 0 Å². The minimum absolute atomic E-state index is 0.0100. The number of ether oxygens (including phenoxy) is 1. The highest BCUT2D eigenvalue weighted by Crippen LogP contribution is 2.21. The zero-order chi connectivity index (χ0) is 12.3. The lowest BCUT2D eigenvalue weighted by molar-refractivity contribution is 0.144. The van der Waals surface area contributed by atoms with Crippen LogP contribution in [0.3, 0.4) is 0 Å². The lowest BCUT2D eigenvalue weighted by Crippen LogP contribution is -2.20. The molecule has 5 heteroatoms. The molecule has 0 amide bonds. The van der Waals surface area contributed by atoms with E-state index in [4.69, 9.17) is 4.74 Å². The Kier molecular flexibility index (Phi) is 3.89. The Morgan fingerprint density at radius 2 is 1.76 bits per heavy atom. The molecule has 0 spiro atoms. The second kappa shape index (κ2) is 5.40. The van der Waals surface area contributed by atoms with E-state index in [2.05, 4.69) is 5.32 Å². The summed E-state index contributed by atoms with van der Waals surface area (Å²) in [5.74, 6) is -2.98. The molecule has 1 aliphatic heterocycles. The average Bonchev–Trinajstić information content (AvgIpc) is 2.54. The van der Waals surface area contributed by atoms with E-state index in [0.29, 0.717) is 19.3 Å². The van der Waals surface area contributed by atoms with Crippen molar-refractivity contribution in [3.63, 3.8) is 0 Å². The third-order valence-electron chi connectivity index (χ3n) is 2.82. The van der Waals surface area contributed by atoms with Crippen LogP contribution < -0.4 is 5.32 Å². The van der Waals surface area contributed by atoms with E-state index >= 15 is 0 Å². The molecular formula is C12H14F3NO. The molecule has 1 N–H and O–H groups in total. The van der Waals surface area contributed by atoms with Crippen molar-refractivity contribution in [3.8, 4) is 0 Å². The summed E-state index contributed by atoms with van der Waals surface area (Å²) in [5.41, 5.74) is 0.0100. The molecule has 1 aromatic carbocycles. The van der Waals surface area contributed by atoms with Crippen molar-refractivity contribution in [2.75, 3.05) is 18.5 Å². The maximum absolute atomic E-state index is 13.4. The second-order valence-corrected chi connectivity index (χ2v) is 4.13. The van der Waals surface area contributed by atoms with Crippen LogP contribution in [0.4, 0.5) is 18.9 Å². The number of halogens is 3. The summed E-state index contributed by atoms with van der Waals surface area (Å²) >= 11 is 0. The highest BCUT2D eigenvalue weighted by molar-refractivity contribution is 5.46. The Labute approximate surface area is 97.8 Å². The fourth-order valence-corrected chi connectivity index (χ4v) is 1.90. The lowest BCUT2D eigenvalue weighted by Gasteiger charge is -2.17. The minimum atomic E-state index is -1.17. The molecule has 0 aliphatic carbocycles. The molecule has 1 aliphatic rings. The van der Waals surface area contributed by atoms with Crippen molar-refractivity contribution in [3.05, 3.63) is 29.6 Å². The molecule has 1 heterocycles. The number of benzene rings is 1. The van der Waals surface area contributed by atoms with Crippen molar-refractivity contribution < 1.29 is 17.9 Å². The first-order valence-electron chi connectivity index (χ1n) is 5.65. The first kappa shape index (κ1) is 12.2. The Bertz CT molecular complexity index is 390. The summed E-state index contributed by atoms with van der Waals surface area (Å²) in [6, 6.07) is 1.46. The molecule has 1 fully saturated rings. The Hall–Kier alpha value is -1.23. The molecule has 0 radical (unpaired) electrons. The van der Waals surface area contributed by atoms with Crippen LogP contribution in [0.2, 0.25) is 0 Å². The van der Waals surface area contributed by atoms with Gasteiger partial charge >= 0.3 is 0 Å². The molecule has 0 aromatic heterocycles. The van der Waals surface area contributed by atoms with E-state index in [1.165, 1.54) is 0 Å². The van der Waals surface area contributed by atoms with Gasteiger partial charge in [0.05, 0.1) is 5.69 Å². The van der Waals surface area contributed by atoms with Gasteiger partial charge in [0.1, 0.15) is 5.82 Å². The summed E-state index contributed by atoms with van der Waals surface area (Å²) in [4.78, 5) is 0. The highest BCUT2D eigenvalue weighted by atomic mass is 19.2. The molecule has 0 bridgehead atoms. The number of rotatable bonds is 2. The van der Waals surface area contributed by atoms with Gasteiger partial charge in [0.25, 0.3) is 0 Å². The van der Waals surface area contributed by atoms with Crippen LogP contribution in [0, 0.1) is 17.5 Å². The second-order valence-electron chi connectivity index (χ2n) is 4.13. The average molecular weight is 245 g/mol. The summed E-state index contributed by atoms with van der Waals surface area (Å²) in [6.45, 7) is 1.29. The number of nitrogens with one attached hydrogen (secondary N) is 1. The molecule has 1 atom stereocenters. The van der Waals surface area contributed by atoms with Gasteiger partial charge in [-0.2, -0.15) is 0 Å². The molecular weight excluding hydrogens is 231 g/mol. The van der Waals surface area contributed by atoms with Crippen molar-refractivity contribution in [2.45, 2.75) is 25.3 Å². The van der Waals surface area contributed by atoms with Gasteiger partial charge in [-0.3, -0.25) is 0 Å². The smallest absolute Gasteiger partial charge is 0.161 e. The van der Waals surface area contributed by atoms with Crippen LogP contribution in [-0.4, -0.2) is 19.3 Å². The topological polar surface area (TPSA) is 21.3 Å². The third-order valence-corrected chi connectivity index (χ3v) is 2.82. The zero-order valence-electron chi connectivity index (χ0n) is 9.31. The molecule has 1 aromatic rings. The number of hydrogen-bond acceptors (Lipinski definition) is 2. The van der Waals surface area contributed by atoms with Crippen molar-refractivity contribution in [1.82, 2.24) is 0 Å². The maximum atomic E-state index is 13.4. The van der Waals surface area contributed by atoms with Crippen LogP contribution in [0.5, 0.6) is 0 Å². The van der Waals surface area contributed by atoms with Crippen LogP contribution >= 0.6 is 0 Å². The predicted molar refractivity (Wildman–Crippen MR) is 58.4 cm³/mol. The Morgan fingerprint density at radius 3 is 2.59 bits per heavy atom. The van der Waals surface area contributed by atoms with Gasteiger partial charge in [-0.05, 0) is 19.3 Å². The number of anilines is 1. The van der Waals surface area contributed by atoms with Crippen LogP contribution in [0.25, 0.3) is 0 Å². The third kappa shape index (κ3) is 3.12. The monoisotopic (exact) mass is 245 g/mol. The standard InChI is InChI=1S/C12H14F3NO/c13-9-6-11(15)12(7-10(9)14)16-8-2-1-4-17-5-3-8/h6-8,16H,1-5H2. The maximum Gasteiger partial charge on any atom is 0.161 e. The summed E-state index contributed by atoms with van der Waals surface area (Å²) in [6.07, 6.45) is 2.44. The van der Waals surface area contributed by atoms with Gasteiger partial charge in [-0.1, -0.05) is 0 Å². The summed E-state index contributed by atoms with van der Waals surface area (Å²) in [5, 5.41) is 2.90. The normalized spacial score (nSPS) is 21.0. The zero-order valence-corrected chi connectivity index (χ0v) is 9.31. The van der Waals surface area contributed by atoms with Gasteiger partial charge in [-0.15, -0.1) is 0 Å². The van der Waals surface area contributed by atoms with Crippen LogP contribution in [-0.2, 0) is 4.74 Å². The van der Waals surface area contributed by atoms with Gasteiger partial charge in [-0.25, -0.2) is 13.2 Å². The molecule has 0 saturated carbocycles. The Balaban J connectivity index is 2.09. The van der Waals surface area contributed by atoms with Crippen molar-refractivity contribution in [2.24, 2.45) is 0 Å². The van der Waals surface area contributed by atoms with Gasteiger partial charge in [0, 0.05) is 31.4 Å².